The van der Waals surface area contributed by atoms with Crippen molar-refractivity contribution in [2.24, 2.45) is 5.73 Å². The fourth-order valence-electron chi connectivity index (χ4n) is 2.47. The predicted octanol–water partition coefficient (Wildman–Crippen LogP) is 3.86. The topological polar surface area (TPSA) is 46.3 Å². The third-order valence-electron chi connectivity index (χ3n) is 3.99. The van der Waals surface area contributed by atoms with E-state index in [4.69, 9.17) is 5.73 Å². The number of carbonyl (C=O) groups excluding carboxylic acids is 1. The highest BCUT2D eigenvalue weighted by Crippen LogP contribution is 2.16. The van der Waals surface area contributed by atoms with Crippen molar-refractivity contribution in [1.82, 2.24) is 4.90 Å². The van der Waals surface area contributed by atoms with Crippen LogP contribution in [0.2, 0.25) is 0 Å². The fraction of sp³-hybridized carbons (Fsp3) is 0.316. The average Bonchev–Trinajstić information content (AvgIpc) is 2.55. The van der Waals surface area contributed by atoms with Gasteiger partial charge in [0.05, 0.1) is 0 Å². The Balaban J connectivity index is 0.00000264. The first-order chi connectivity index (χ1) is 10.6. The monoisotopic (exact) mass is 332 g/mol. The molecule has 1 atom stereocenters. The summed E-state index contributed by atoms with van der Waals surface area (Å²) in [5, 5.41) is 0. The van der Waals surface area contributed by atoms with Crippen molar-refractivity contribution in [3.8, 4) is 0 Å². The van der Waals surface area contributed by atoms with Gasteiger partial charge >= 0.3 is 0 Å². The molecule has 0 saturated carbocycles. The van der Waals surface area contributed by atoms with E-state index in [0.717, 1.165) is 5.56 Å². The van der Waals surface area contributed by atoms with Crippen LogP contribution in [0.4, 0.5) is 0 Å². The van der Waals surface area contributed by atoms with Gasteiger partial charge in [-0.25, -0.2) is 0 Å². The zero-order valence-electron chi connectivity index (χ0n) is 13.7. The summed E-state index contributed by atoms with van der Waals surface area (Å²) in [6.45, 7) is 2.71. The minimum absolute atomic E-state index is 0. The van der Waals surface area contributed by atoms with E-state index in [1.54, 1.807) is 4.90 Å². The quantitative estimate of drug-likeness (QED) is 0.873. The van der Waals surface area contributed by atoms with Gasteiger partial charge in [0.1, 0.15) is 0 Å². The van der Waals surface area contributed by atoms with Gasteiger partial charge in [0.2, 0.25) is 5.91 Å². The number of amides is 1. The Morgan fingerprint density at radius 1 is 1.09 bits per heavy atom. The van der Waals surface area contributed by atoms with Crippen LogP contribution in [0, 0.1) is 6.92 Å². The molecule has 0 radical (unpaired) electrons. The summed E-state index contributed by atoms with van der Waals surface area (Å²) in [5.41, 5.74) is 9.63. The number of nitrogens with zero attached hydrogens (tertiary/aromatic N) is 1. The molecule has 2 aromatic rings. The van der Waals surface area contributed by atoms with Gasteiger partial charge in [-0.15, -0.1) is 12.4 Å². The first-order valence-corrected chi connectivity index (χ1v) is 7.67. The van der Waals surface area contributed by atoms with Crippen LogP contribution in [-0.2, 0) is 11.3 Å². The number of benzene rings is 2. The number of hydrogen-bond donors (Lipinski definition) is 1. The second-order valence-corrected chi connectivity index (χ2v) is 5.73. The third kappa shape index (κ3) is 5.70. The highest BCUT2D eigenvalue weighted by Gasteiger charge is 2.13. The predicted molar refractivity (Wildman–Crippen MR) is 97.5 cm³/mol. The molecule has 0 fully saturated rings. The standard InChI is InChI=1S/C19H24N2O.ClH/c1-15-8-6-7-11-17(15)14-21(2)19(22)13-12-18(20)16-9-4-3-5-10-16;/h3-11,18H,12-14,20H2,1-2H3;1H. The lowest BCUT2D eigenvalue weighted by atomic mass is 10.0. The summed E-state index contributed by atoms with van der Waals surface area (Å²) in [5.74, 6) is 0.134. The van der Waals surface area contributed by atoms with Crippen LogP contribution in [0.3, 0.4) is 0 Å². The van der Waals surface area contributed by atoms with Gasteiger partial charge in [-0.3, -0.25) is 4.79 Å². The minimum atomic E-state index is -0.0861. The highest BCUT2D eigenvalue weighted by atomic mass is 35.5. The van der Waals surface area contributed by atoms with Crippen LogP contribution >= 0.6 is 12.4 Å². The van der Waals surface area contributed by atoms with E-state index in [1.807, 2.05) is 49.5 Å². The number of halogens is 1. The SMILES string of the molecule is Cc1ccccc1CN(C)C(=O)CCC(N)c1ccccc1.Cl. The Kier molecular flexibility index (Phi) is 7.79. The molecule has 2 N–H and O–H groups in total. The Morgan fingerprint density at radius 3 is 2.35 bits per heavy atom. The van der Waals surface area contributed by atoms with Crippen LogP contribution < -0.4 is 5.73 Å². The van der Waals surface area contributed by atoms with Crippen LogP contribution in [0.15, 0.2) is 54.6 Å². The summed E-state index contributed by atoms with van der Waals surface area (Å²) >= 11 is 0. The lowest BCUT2D eigenvalue weighted by Crippen LogP contribution is -2.27. The lowest BCUT2D eigenvalue weighted by Gasteiger charge is -2.20. The maximum atomic E-state index is 12.3. The summed E-state index contributed by atoms with van der Waals surface area (Å²) in [7, 11) is 1.85. The van der Waals surface area contributed by atoms with Crippen molar-refractivity contribution in [1.29, 1.82) is 0 Å². The van der Waals surface area contributed by atoms with Gasteiger partial charge in [-0.1, -0.05) is 54.6 Å². The van der Waals surface area contributed by atoms with Crippen molar-refractivity contribution in [2.75, 3.05) is 7.05 Å². The van der Waals surface area contributed by atoms with Gasteiger partial charge in [0, 0.05) is 26.1 Å². The number of nitrogens with two attached hydrogens (primary N) is 1. The van der Waals surface area contributed by atoms with E-state index in [2.05, 4.69) is 19.1 Å². The van der Waals surface area contributed by atoms with Crippen molar-refractivity contribution in [3.05, 3.63) is 71.3 Å². The summed E-state index contributed by atoms with van der Waals surface area (Å²) in [6.07, 6.45) is 1.14. The summed E-state index contributed by atoms with van der Waals surface area (Å²) in [6, 6.07) is 18.0. The largest absolute Gasteiger partial charge is 0.341 e. The molecule has 2 rings (SSSR count). The second-order valence-electron chi connectivity index (χ2n) is 5.73. The van der Waals surface area contributed by atoms with Gasteiger partial charge < -0.3 is 10.6 Å². The molecule has 2 aromatic carbocycles. The van der Waals surface area contributed by atoms with E-state index in [0.29, 0.717) is 19.4 Å². The van der Waals surface area contributed by atoms with Gasteiger partial charge in [-0.05, 0) is 30.0 Å². The zero-order chi connectivity index (χ0) is 15.9. The highest BCUT2D eigenvalue weighted by molar-refractivity contribution is 5.85. The van der Waals surface area contributed by atoms with Crippen LogP contribution in [0.5, 0.6) is 0 Å². The molecule has 0 saturated heterocycles. The van der Waals surface area contributed by atoms with E-state index in [1.165, 1.54) is 11.1 Å². The number of carbonyl (C=O) groups is 1. The van der Waals surface area contributed by atoms with Crippen molar-refractivity contribution in [3.63, 3.8) is 0 Å². The number of aryl methyl sites for hydroxylation is 1. The fourth-order valence-corrected chi connectivity index (χ4v) is 2.47. The average molecular weight is 333 g/mol. The molecule has 0 aliphatic rings. The molecule has 0 aliphatic heterocycles. The van der Waals surface area contributed by atoms with Crippen LogP contribution in [0.1, 0.15) is 35.6 Å². The zero-order valence-corrected chi connectivity index (χ0v) is 14.6. The van der Waals surface area contributed by atoms with Crippen LogP contribution in [0.25, 0.3) is 0 Å². The van der Waals surface area contributed by atoms with Gasteiger partial charge in [0.15, 0.2) is 0 Å². The van der Waals surface area contributed by atoms with Crippen molar-refractivity contribution < 1.29 is 4.79 Å². The first-order valence-electron chi connectivity index (χ1n) is 7.67. The lowest BCUT2D eigenvalue weighted by molar-refractivity contribution is -0.130. The molecule has 1 unspecified atom stereocenters. The van der Waals surface area contributed by atoms with E-state index < -0.39 is 0 Å². The van der Waals surface area contributed by atoms with E-state index >= 15 is 0 Å². The molecule has 0 bridgehead atoms. The minimum Gasteiger partial charge on any atom is -0.341 e. The van der Waals surface area contributed by atoms with Crippen LogP contribution in [-0.4, -0.2) is 17.9 Å². The normalized spacial score (nSPS) is 11.4. The van der Waals surface area contributed by atoms with Crippen molar-refractivity contribution in [2.45, 2.75) is 32.4 Å². The molecule has 0 aromatic heterocycles. The maximum absolute atomic E-state index is 12.3. The Bertz CT molecular complexity index is 616. The molecule has 23 heavy (non-hydrogen) atoms. The van der Waals surface area contributed by atoms with Gasteiger partial charge in [0.25, 0.3) is 0 Å². The third-order valence-corrected chi connectivity index (χ3v) is 3.99. The first kappa shape index (κ1) is 19.2. The maximum Gasteiger partial charge on any atom is 0.222 e. The molecule has 0 heterocycles. The second kappa shape index (κ2) is 9.33. The molecule has 1 amide bonds. The molecule has 3 nitrogen and oxygen atoms in total. The molecule has 124 valence electrons. The number of rotatable bonds is 6. The Labute approximate surface area is 144 Å². The summed E-state index contributed by atoms with van der Waals surface area (Å²) < 4.78 is 0. The molecule has 4 heteroatoms. The van der Waals surface area contributed by atoms with E-state index in [9.17, 15) is 4.79 Å². The van der Waals surface area contributed by atoms with Gasteiger partial charge in [-0.2, -0.15) is 0 Å². The van der Waals surface area contributed by atoms with E-state index in [-0.39, 0.29) is 24.4 Å². The summed E-state index contributed by atoms with van der Waals surface area (Å²) in [4.78, 5) is 14.0. The smallest absolute Gasteiger partial charge is 0.222 e. The van der Waals surface area contributed by atoms with Crippen molar-refractivity contribution >= 4 is 18.3 Å². The Morgan fingerprint density at radius 2 is 1.70 bits per heavy atom. The Hall–Kier alpha value is -1.84. The molecule has 0 spiro atoms. The molecule has 0 aliphatic carbocycles. The molecular weight excluding hydrogens is 308 g/mol. The molecular formula is C19H25ClN2O. The number of hydrogen-bond acceptors (Lipinski definition) is 2.